The van der Waals surface area contributed by atoms with Crippen molar-refractivity contribution in [2.45, 2.75) is 0 Å². The monoisotopic (exact) mass is 341 g/mol. The van der Waals surface area contributed by atoms with Gasteiger partial charge in [0.2, 0.25) is 5.91 Å². The van der Waals surface area contributed by atoms with Crippen LogP contribution >= 0.6 is 0 Å². The third-order valence-corrected chi connectivity index (χ3v) is 3.42. The molecular formula is C18H19N3O4. The van der Waals surface area contributed by atoms with Gasteiger partial charge < -0.3 is 20.7 Å². The molecule has 2 aromatic carbocycles. The molecule has 7 nitrogen and oxygen atoms in total. The maximum absolute atomic E-state index is 12.1. The summed E-state index contributed by atoms with van der Waals surface area (Å²) in [5, 5.41) is 7.70. The largest absolute Gasteiger partial charge is 0.496 e. The zero-order valence-electron chi connectivity index (χ0n) is 14.0. The predicted molar refractivity (Wildman–Crippen MR) is 93.8 cm³/mol. The molecular weight excluding hydrogens is 322 g/mol. The van der Waals surface area contributed by atoms with Gasteiger partial charge in [0.25, 0.3) is 11.8 Å². The molecule has 130 valence electrons. The second-order valence-corrected chi connectivity index (χ2v) is 5.09. The van der Waals surface area contributed by atoms with Crippen LogP contribution in [0.4, 0.5) is 5.69 Å². The molecule has 7 heteroatoms. The van der Waals surface area contributed by atoms with Crippen molar-refractivity contribution in [2.75, 3.05) is 26.0 Å². The molecule has 25 heavy (non-hydrogen) atoms. The number of para-hydroxylation sites is 1. The maximum Gasteiger partial charge on any atom is 0.255 e. The molecule has 0 spiro atoms. The summed E-state index contributed by atoms with van der Waals surface area (Å²) >= 11 is 0. The Balaban J connectivity index is 1.90. The van der Waals surface area contributed by atoms with Gasteiger partial charge in [-0.1, -0.05) is 12.1 Å². The highest BCUT2D eigenvalue weighted by Crippen LogP contribution is 2.16. The Morgan fingerprint density at radius 3 is 2.28 bits per heavy atom. The molecule has 2 aromatic rings. The molecule has 0 aliphatic heterocycles. The molecule has 0 aromatic heterocycles. The number of hydrogen-bond acceptors (Lipinski definition) is 4. The number of hydrogen-bond donors (Lipinski definition) is 3. The van der Waals surface area contributed by atoms with Gasteiger partial charge in [0.15, 0.2) is 0 Å². The summed E-state index contributed by atoms with van der Waals surface area (Å²) in [7, 11) is 3.02. The van der Waals surface area contributed by atoms with Crippen LogP contribution in [0.3, 0.4) is 0 Å². The van der Waals surface area contributed by atoms with Crippen molar-refractivity contribution in [3.8, 4) is 5.75 Å². The Kier molecular flexibility index (Phi) is 6.11. The Labute approximate surface area is 145 Å². The first-order chi connectivity index (χ1) is 12.0. The number of ether oxygens (including phenoxy) is 1. The van der Waals surface area contributed by atoms with Gasteiger partial charge in [-0.3, -0.25) is 14.4 Å². The summed E-state index contributed by atoms with van der Waals surface area (Å²) in [6, 6.07) is 13.2. The van der Waals surface area contributed by atoms with Crippen molar-refractivity contribution in [2.24, 2.45) is 0 Å². The minimum Gasteiger partial charge on any atom is -0.496 e. The lowest BCUT2D eigenvalue weighted by Crippen LogP contribution is -2.33. The van der Waals surface area contributed by atoms with Gasteiger partial charge in [0.1, 0.15) is 5.75 Å². The number of carbonyl (C=O) groups excluding carboxylic acids is 3. The molecule has 2 rings (SSSR count). The number of nitrogens with one attached hydrogen (secondary N) is 3. The van der Waals surface area contributed by atoms with Gasteiger partial charge in [0, 0.05) is 18.3 Å². The summed E-state index contributed by atoms with van der Waals surface area (Å²) in [4.78, 5) is 35.5. The Morgan fingerprint density at radius 2 is 1.64 bits per heavy atom. The van der Waals surface area contributed by atoms with E-state index in [1.807, 2.05) is 0 Å². The maximum atomic E-state index is 12.1. The second kappa shape index (κ2) is 8.49. The highest BCUT2D eigenvalue weighted by atomic mass is 16.5. The molecule has 0 unspecified atom stereocenters. The minimum absolute atomic E-state index is 0.186. The zero-order chi connectivity index (χ0) is 18.2. The SMILES string of the molecule is CNC(=O)c1ccc(NC(=O)CNC(=O)c2ccccc2OC)cc1. The lowest BCUT2D eigenvalue weighted by molar-refractivity contribution is -0.115. The van der Waals surface area contributed by atoms with Crippen molar-refractivity contribution in [3.05, 3.63) is 59.7 Å². The van der Waals surface area contributed by atoms with Crippen LogP contribution in [0.25, 0.3) is 0 Å². The molecule has 0 atom stereocenters. The Hall–Kier alpha value is -3.35. The van der Waals surface area contributed by atoms with Gasteiger partial charge in [-0.15, -0.1) is 0 Å². The van der Waals surface area contributed by atoms with Crippen LogP contribution < -0.4 is 20.7 Å². The van der Waals surface area contributed by atoms with Gasteiger partial charge in [-0.25, -0.2) is 0 Å². The fourth-order valence-corrected chi connectivity index (χ4v) is 2.14. The van der Waals surface area contributed by atoms with Crippen LogP contribution in [-0.4, -0.2) is 38.4 Å². The molecule has 0 saturated carbocycles. The van der Waals surface area contributed by atoms with Crippen molar-refractivity contribution in [3.63, 3.8) is 0 Å². The lowest BCUT2D eigenvalue weighted by Gasteiger charge is -2.10. The quantitative estimate of drug-likeness (QED) is 0.740. The topological polar surface area (TPSA) is 96.5 Å². The molecule has 0 heterocycles. The van der Waals surface area contributed by atoms with E-state index in [4.69, 9.17) is 4.74 Å². The number of rotatable bonds is 6. The van der Waals surface area contributed by atoms with Crippen molar-refractivity contribution in [1.29, 1.82) is 0 Å². The predicted octanol–water partition coefficient (Wildman–Crippen LogP) is 1.42. The van der Waals surface area contributed by atoms with E-state index in [1.165, 1.54) is 7.11 Å². The number of anilines is 1. The van der Waals surface area contributed by atoms with Gasteiger partial charge in [0.05, 0.1) is 19.2 Å². The summed E-state index contributed by atoms with van der Waals surface area (Å²) in [6.45, 7) is -0.186. The normalized spacial score (nSPS) is 9.84. The van der Waals surface area contributed by atoms with Crippen LogP contribution in [-0.2, 0) is 4.79 Å². The van der Waals surface area contributed by atoms with Crippen LogP contribution in [0, 0.1) is 0 Å². The molecule has 0 aliphatic carbocycles. The van der Waals surface area contributed by atoms with E-state index in [1.54, 1.807) is 55.6 Å². The summed E-state index contributed by atoms with van der Waals surface area (Å²) in [5.41, 5.74) is 1.38. The smallest absolute Gasteiger partial charge is 0.255 e. The highest BCUT2D eigenvalue weighted by Gasteiger charge is 2.12. The van der Waals surface area contributed by atoms with E-state index in [9.17, 15) is 14.4 Å². The summed E-state index contributed by atoms with van der Waals surface area (Å²) in [5.74, 6) is -0.550. The molecule has 3 amide bonds. The minimum atomic E-state index is -0.400. The van der Waals surface area contributed by atoms with E-state index in [0.29, 0.717) is 22.6 Å². The molecule has 0 saturated heterocycles. The fraction of sp³-hybridized carbons (Fsp3) is 0.167. The Morgan fingerprint density at radius 1 is 0.960 bits per heavy atom. The fourth-order valence-electron chi connectivity index (χ4n) is 2.14. The Bertz CT molecular complexity index is 772. The number of amides is 3. The molecule has 0 radical (unpaired) electrons. The average Bonchev–Trinajstić information content (AvgIpc) is 2.66. The number of benzene rings is 2. The van der Waals surface area contributed by atoms with E-state index in [-0.39, 0.29) is 18.4 Å². The zero-order valence-corrected chi connectivity index (χ0v) is 14.0. The van der Waals surface area contributed by atoms with Crippen LogP contribution in [0.5, 0.6) is 5.75 Å². The summed E-state index contributed by atoms with van der Waals surface area (Å²) in [6.07, 6.45) is 0. The van der Waals surface area contributed by atoms with Crippen molar-refractivity contribution < 1.29 is 19.1 Å². The lowest BCUT2D eigenvalue weighted by atomic mass is 10.2. The first kappa shape index (κ1) is 18.0. The third kappa shape index (κ3) is 4.81. The standard InChI is InChI=1S/C18H19N3O4/c1-19-17(23)12-7-9-13(10-8-12)21-16(22)11-20-18(24)14-5-3-4-6-15(14)25-2/h3-10H,11H2,1-2H3,(H,19,23)(H,20,24)(H,21,22). The second-order valence-electron chi connectivity index (χ2n) is 5.09. The van der Waals surface area contributed by atoms with Gasteiger partial charge >= 0.3 is 0 Å². The molecule has 0 aliphatic rings. The highest BCUT2D eigenvalue weighted by molar-refractivity contribution is 6.01. The van der Waals surface area contributed by atoms with Crippen LogP contribution in [0.2, 0.25) is 0 Å². The van der Waals surface area contributed by atoms with E-state index in [0.717, 1.165) is 0 Å². The van der Waals surface area contributed by atoms with Crippen LogP contribution in [0.1, 0.15) is 20.7 Å². The van der Waals surface area contributed by atoms with E-state index in [2.05, 4.69) is 16.0 Å². The van der Waals surface area contributed by atoms with E-state index < -0.39 is 5.91 Å². The first-order valence-corrected chi connectivity index (χ1v) is 7.58. The molecule has 0 bridgehead atoms. The molecule has 0 fully saturated rings. The van der Waals surface area contributed by atoms with E-state index >= 15 is 0 Å². The van der Waals surface area contributed by atoms with Gasteiger partial charge in [-0.2, -0.15) is 0 Å². The average molecular weight is 341 g/mol. The first-order valence-electron chi connectivity index (χ1n) is 7.58. The molecule has 3 N–H and O–H groups in total. The number of carbonyl (C=O) groups is 3. The number of methoxy groups -OCH3 is 1. The summed E-state index contributed by atoms with van der Waals surface area (Å²) < 4.78 is 5.11. The van der Waals surface area contributed by atoms with Crippen molar-refractivity contribution >= 4 is 23.4 Å². The third-order valence-electron chi connectivity index (χ3n) is 3.42. The van der Waals surface area contributed by atoms with Crippen LogP contribution in [0.15, 0.2) is 48.5 Å². The van der Waals surface area contributed by atoms with Gasteiger partial charge in [-0.05, 0) is 36.4 Å². The van der Waals surface area contributed by atoms with Crippen molar-refractivity contribution in [1.82, 2.24) is 10.6 Å².